The lowest BCUT2D eigenvalue weighted by Crippen LogP contribution is -2.39. The van der Waals surface area contributed by atoms with Gasteiger partial charge in [0.1, 0.15) is 5.75 Å². The van der Waals surface area contributed by atoms with Crippen molar-refractivity contribution < 1.29 is 29.0 Å². The van der Waals surface area contributed by atoms with E-state index in [4.69, 9.17) is 4.74 Å². The molecule has 5 aromatic rings. The molecule has 5 aromatic carbocycles. The number of hydrogen-bond donors (Lipinski definition) is 1. The third kappa shape index (κ3) is 6.90. The van der Waals surface area contributed by atoms with E-state index in [2.05, 4.69) is 41.1 Å². The Morgan fingerprint density at radius 1 is 0.732 bits per heavy atom. The number of rotatable bonds is 13. The van der Waals surface area contributed by atoms with E-state index in [0.29, 0.717) is 30.0 Å². The van der Waals surface area contributed by atoms with Gasteiger partial charge in [0, 0.05) is 34.2 Å². The highest BCUT2D eigenvalue weighted by Crippen LogP contribution is 2.42. The number of aliphatic hydroxyl groups excluding tert-OH is 1. The molecule has 1 N–H and O–H groups in total. The van der Waals surface area contributed by atoms with Crippen LogP contribution in [0, 0.1) is 0 Å². The van der Waals surface area contributed by atoms with Crippen molar-refractivity contribution in [2.24, 2.45) is 10.2 Å². The Labute approximate surface area is 325 Å². The number of Topliss-reactive ketones (excluding diaryl/α,β-unsaturated/α-hetero) is 1. The number of ketones is 1. The molecule has 0 saturated carbocycles. The van der Waals surface area contributed by atoms with Crippen LogP contribution in [0.15, 0.2) is 131 Å². The summed E-state index contributed by atoms with van der Waals surface area (Å²) in [7, 11) is 0. The first-order valence-electron chi connectivity index (χ1n) is 19.0. The van der Waals surface area contributed by atoms with Crippen molar-refractivity contribution in [2.75, 3.05) is 4.90 Å². The van der Waals surface area contributed by atoms with Crippen molar-refractivity contribution in [3.05, 3.63) is 154 Å². The summed E-state index contributed by atoms with van der Waals surface area (Å²) in [5, 5.41) is 19.8. The van der Waals surface area contributed by atoms with Crippen molar-refractivity contribution in [1.29, 1.82) is 0 Å². The van der Waals surface area contributed by atoms with Crippen molar-refractivity contribution in [2.45, 2.75) is 65.3 Å². The number of esters is 1. The first-order chi connectivity index (χ1) is 27.2. The molecule has 1 aliphatic heterocycles. The average Bonchev–Trinajstić information content (AvgIpc) is 3.62. The Kier molecular flexibility index (Phi) is 10.7. The lowest BCUT2D eigenvalue weighted by atomic mass is 9.96. The summed E-state index contributed by atoms with van der Waals surface area (Å²) >= 11 is 0. The monoisotopic (exact) mass is 746 g/mol. The van der Waals surface area contributed by atoms with Gasteiger partial charge in [-0.2, -0.15) is 0 Å². The van der Waals surface area contributed by atoms with Gasteiger partial charge in [0.15, 0.2) is 11.5 Å². The van der Waals surface area contributed by atoms with Crippen LogP contribution in [0.2, 0.25) is 0 Å². The van der Waals surface area contributed by atoms with Gasteiger partial charge < -0.3 is 14.7 Å². The van der Waals surface area contributed by atoms with E-state index in [1.165, 1.54) is 17.7 Å². The van der Waals surface area contributed by atoms with Gasteiger partial charge in [-0.15, -0.1) is 10.2 Å². The second kappa shape index (κ2) is 16.0. The second-order valence-electron chi connectivity index (χ2n) is 13.9. The molecule has 10 heteroatoms. The highest BCUT2D eigenvalue weighted by atomic mass is 16.5. The Hall–Kier alpha value is -6.68. The van der Waals surface area contributed by atoms with Crippen LogP contribution in [0.5, 0.6) is 5.75 Å². The first-order valence-corrected chi connectivity index (χ1v) is 19.0. The summed E-state index contributed by atoms with van der Waals surface area (Å²) in [6.07, 6.45) is 3.13. The van der Waals surface area contributed by atoms with Crippen LogP contribution < -0.4 is 9.64 Å². The van der Waals surface area contributed by atoms with Gasteiger partial charge >= 0.3 is 5.97 Å². The number of para-hydroxylation sites is 2. The number of fused-ring (bicyclic) bond motifs is 2. The van der Waals surface area contributed by atoms with Gasteiger partial charge in [0.05, 0.1) is 22.4 Å². The maximum absolute atomic E-state index is 14.0. The normalized spacial score (nSPS) is 14.2. The number of hydrogen-bond acceptors (Lipinski definition) is 9. The van der Waals surface area contributed by atoms with Crippen LogP contribution in [0.25, 0.3) is 5.76 Å². The number of benzene rings is 5. The molecule has 2 aliphatic rings. The highest BCUT2D eigenvalue weighted by molar-refractivity contribution is 6.27. The summed E-state index contributed by atoms with van der Waals surface area (Å²) in [6, 6.07) is 34.2. The standard InChI is InChI=1S/C46H42N4O6/c1-5-15-28(4)29-16-14-19-32(26-29)49(31-17-10-8-11-18-31)33-22-23-35-37(27-33)43(52)41(42(35)51)48-47-38-25-24-36(46(55)56-34-20-12-9-13-21-34)39-40(38)45(54)50(44(39)53)30(6-2)7-3/h8-14,16-28,30,51H,5-7,15H2,1-4H3. The van der Waals surface area contributed by atoms with Gasteiger partial charge in [-0.1, -0.05) is 82.6 Å². The lowest BCUT2D eigenvalue weighted by molar-refractivity contribution is 0.0570. The zero-order chi connectivity index (χ0) is 39.5. The third-order valence-electron chi connectivity index (χ3n) is 10.4. The number of ether oxygens (including phenoxy) is 1. The molecule has 1 atom stereocenters. The summed E-state index contributed by atoms with van der Waals surface area (Å²) in [5.41, 5.74) is 3.56. The molecule has 0 aromatic heterocycles. The van der Waals surface area contributed by atoms with E-state index in [-0.39, 0.29) is 45.1 Å². The largest absolute Gasteiger partial charge is 0.505 e. The minimum absolute atomic E-state index is 0.0275. The topological polar surface area (TPSA) is 129 Å². The zero-order valence-corrected chi connectivity index (χ0v) is 31.7. The molecule has 56 heavy (non-hydrogen) atoms. The van der Waals surface area contributed by atoms with Crippen LogP contribution >= 0.6 is 0 Å². The molecule has 1 unspecified atom stereocenters. The van der Waals surface area contributed by atoms with Crippen molar-refractivity contribution in [3.8, 4) is 5.75 Å². The van der Waals surface area contributed by atoms with Crippen LogP contribution in [-0.4, -0.2) is 39.6 Å². The number of aliphatic hydroxyl groups is 1. The molecule has 7 rings (SSSR count). The van der Waals surface area contributed by atoms with Crippen LogP contribution in [-0.2, 0) is 0 Å². The highest BCUT2D eigenvalue weighted by Gasteiger charge is 2.44. The third-order valence-corrected chi connectivity index (χ3v) is 10.4. The van der Waals surface area contributed by atoms with Gasteiger partial charge in [0.2, 0.25) is 5.78 Å². The minimum Gasteiger partial charge on any atom is -0.505 e. The van der Waals surface area contributed by atoms with Crippen molar-refractivity contribution in [1.82, 2.24) is 4.90 Å². The quantitative estimate of drug-likeness (QED) is 0.0549. The molecule has 0 spiro atoms. The fourth-order valence-electron chi connectivity index (χ4n) is 7.47. The second-order valence-corrected chi connectivity index (χ2v) is 13.9. The molecular weight excluding hydrogens is 705 g/mol. The van der Waals surface area contributed by atoms with Gasteiger partial charge in [0.25, 0.3) is 11.8 Å². The number of carbonyl (C=O) groups is 4. The van der Waals surface area contributed by atoms with Gasteiger partial charge in [-0.05, 0) is 97.5 Å². The number of anilines is 3. The summed E-state index contributed by atoms with van der Waals surface area (Å²) in [5.74, 6) is -2.35. The van der Waals surface area contributed by atoms with Crippen LogP contribution in [0.1, 0.15) is 112 Å². The van der Waals surface area contributed by atoms with E-state index >= 15 is 0 Å². The van der Waals surface area contributed by atoms with Crippen LogP contribution in [0.3, 0.4) is 0 Å². The molecule has 0 radical (unpaired) electrons. The Morgan fingerprint density at radius 2 is 1.39 bits per heavy atom. The molecule has 0 fully saturated rings. The molecule has 1 aliphatic carbocycles. The van der Waals surface area contributed by atoms with Gasteiger partial charge in [-0.3, -0.25) is 19.3 Å². The Balaban J connectivity index is 1.24. The Bertz CT molecular complexity index is 2400. The number of carbonyl (C=O) groups excluding carboxylic acids is 4. The van der Waals surface area contributed by atoms with E-state index < -0.39 is 29.6 Å². The Morgan fingerprint density at radius 3 is 2.09 bits per heavy atom. The lowest BCUT2D eigenvalue weighted by Gasteiger charge is -2.27. The summed E-state index contributed by atoms with van der Waals surface area (Å²) < 4.78 is 5.55. The number of nitrogens with zero attached hydrogens (tertiary/aromatic N) is 4. The molecule has 0 saturated heterocycles. The number of imide groups is 1. The van der Waals surface area contributed by atoms with Crippen LogP contribution in [0.4, 0.5) is 22.7 Å². The molecular formula is C46H42N4O6. The zero-order valence-electron chi connectivity index (χ0n) is 31.7. The van der Waals surface area contributed by atoms with E-state index in [9.17, 15) is 24.3 Å². The SMILES string of the molecule is CCCC(C)c1cccc(N(c2ccccc2)c2ccc3c(c2)C(=O)C(N=Nc2ccc(C(=O)Oc4ccccc4)c4c2C(=O)N(C(CC)CC)C4=O)=C3O)c1. The maximum atomic E-state index is 14.0. The number of azo groups is 1. The summed E-state index contributed by atoms with van der Waals surface area (Å²) in [6.45, 7) is 8.13. The summed E-state index contributed by atoms with van der Waals surface area (Å²) in [4.78, 5) is 58.5. The average molecular weight is 747 g/mol. The number of amides is 2. The smallest absolute Gasteiger partial charge is 0.344 e. The molecule has 0 bridgehead atoms. The fraction of sp³-hybridized carbons (Fsp3) is 0.217. The predicted molar refractivity (Wildman–Crippen MR) is 216 cm³/mol. The number of allylic oxidation sites excluding steroid dienone is 1. The minimum atomic E-state index is -0.812. The van der Waals surface area contributed by atoms with E-state index in [1.54, 1.807) is 42.5 Å². The van der Waals surface area contributed by atoms with Crippen molar-refractivity contribution >= 4 is 52.1 Å². The fourth-order valence-corrected chi connectivity index (χ4v) is 7.47. The maximum Gasteiger partial charge on any atom is 0.344 e. The molecule has 2 amide bonds. The first kappa shape index (κ1) is 37.6. The molecule has 10 nitrogen and oxygen atoms in total. The van der Waals surface area contributed by atoms with E-state index in [0.717, 1.165) is 29.1 Å². The van der Waals surface area contributed by atoms with E-state index in [1.807, 2.05) is 62.4 Å². The van der Waals surface area contributed by atoms with Crippen molar-refractivity contribution in [3.63, 3.8) is 0 Å². The van der Waals surface area contributed by atoms with Gasteiger partial charge in [-0.25, -0.2) is 4.79 Å². The molecule has 1 heterocycles. The predicted octanol–water partition coefficient (Wildman–Crippen LogP) is 11.3. The molecule has 282 valence electrons.